The average molecular weight is 227 g/mol. The number of nitrogens with zero attached hydrogens (tertiary/aromatic N) is 2. The highest BCUT2D eigenvalue weighted by Crippen LogP contribution is 2.09. The summed E-state index contributed by atoms with van der Waals surface area (Å²) < 4.78 is 5.40. The zero-order valence-corrected chi connectivity index (χ0v) is 9.41. The summed E-state index contributed by atoms with van der Waals surface area (Å²) in [6, 6.07) is 5.76. The molecule has 0 spiro atoms. The smallest absolute Gasteiger partial charge is 0.129 e. The number of rotatable bonds is 2. The van der Waals surface area contributed by atoms with Crippen molar-refractivity contribution in [2.45, 2.75) is 13.0 Å². The van der Waals surface area contributed by atoms with E-state index in [2.05, 4.69) is 9.88 Å². The first-order valence-electron chi connectivity index (χ1n) is 5.26. The first-order chi connectivity index (χ1) is 7.34. The highest BCUT2D eigenvalue weighted by molar-refractivity contribution is 6.29. The Balaban J connectivity index is 1.95. The molecule has 82 valence electrons. The van der Waals surface area contributed by atoms with E-state index in [1.165, 1.54) is 0 Å². The summed E-state index contributed by atoms with van der Waals surface area (Å²) in [5.74, 6) is 0. The predicted octanol–water partition coefficient (Wildman–Crippen LogP) is 1.96. The molecule has 1 aliphatic heterocycles. The molecule has 1 saturated heterocycles. The molecule has 2 rings (SSSR count). The number of ether oxygens (including phenoxy) is 1. The highest BCUT2D eigenvalue weighted by atomic mass is 35.5. The number of aromatic nitrogens is 1. The molecule has 0 aromatic carbocycles. The number of hydrogen-bond donors (Lipinski definition) is 0. The van der Waals surface area contributed by atoms with Gasteiger partial charge in [0.2, 0.25) is 0 Å². The van der Waals surface area contributed by atoms with Crippen LogP contribution in [0, 0.1) is 0 Å². The molecule has 15 heavy (non-hydrogen) atoms. The maximum Gasteiger partial charge on any atom is 0.129 e. The second kappa shape index (κ2) is 5.45. The predicted molar refractivity (Wildman–Crippen MR) is 60.0 cm³/mol. The van der Waals surface area contributed by atoms with Gasteiger partial charge in [-0.15, -0.1) is 0 Å². The van der Waals surface area contributed by atoms with E-state index in [4.69, 9.17) is 16.3 Å². The van der Waals surface area contributed by atoms with Gasteiger partial charge in [-0.2, -0.15) is 0 Å². The maximum absolute atomic E-state index is 5.84. The van der Waals surface area contributed by atoms with Crippen LogP contribution in [0.25, 0.3) is 0 Å². The van der Waals surface area contributed by atoms with Crippen LogP contribution in [0.1, 0.15) is 12.1 Å². The van der Waals surface area contributed by atoms with Crippen LogP contribution in [0.4, 0.5) is 0 Å². The van der Waals surface area contributed by atoms with E-state index in [1.807, 2.05) is 12.1 Å². The van der Waals surface area contributed by atoms with Gasteiger partial charge in [0.1, 0.15) is 5.15 Å². The Kier molecular flexibility index (Phi) is 3.94. The van der Waals surface area contributed by atoms with Crippen LogP contribution in [-0.4, -0.2) is 36.2 Å². The van der Waals surface area contributed by atoms with Gasteiger partial charge in [-0.05, 0) is 18.6 Å². The second-order valence-electron chi connectivity index (χ2n) is 3.69. The van der Waals surface area contributed by atoms with E-state index in [-0.39, 0.29) is 0 Å². The lowest BCUT2D eigenvalue weighted by Gasteiger charge is -2.18. The summed E-state index contributed by atoms with van der Waals surface area (Å²) in [6.07, 6.45) is 1.10. The van der Waals surface area contributed by atoms with Gasteiger partial charge in [-0.3, -0.25) is 4.90 Å². The Morgan fingerprint density at radius 1 is 1.33 bits per heavy atom. The maximum atomic E-state index is 5.84. The molecule has 0 radical (unpaired) electrons. The molecule has 4 heteroatoms. The molecular weight excluding hydrogens is 212 g/mol. The van der Waals surface area contributed by atoms with E-state index >= 15 is 0 Å². The molecule has 1 aliphatic rings. The lowest BCUT2D eigenvalue weighted by Crippen LogP contribution is -2.26. The van der Waals surface area contributed by atoms with E-state index in [0.29, 0.717) is 5.15 Å². The molecule has 0 amide bonds. The van der Waals surface area contributed by atoms with Gasteiger partial charge in [-0.25, -0.2) is 4.98 Å². The Bertz CT molecular complexity index is 311. The standard InChI is InChI=1S/C11H15ClN2O/c12-11-4-1-3-10(13-11)9-14-5-2-7-15-8-6-14/h1,3-4H,2,5-9H2. The summed E-state index contributed by atoms with van der Waals surface area (Å²) in [6.45, 7) is 4.62. The van der Waals surface area contributed by atoms with Crippen molar-refractivity contribution in [1.82, 2.24) is 9.88 Å². The lowest BCUT2D eigenvalue weighted by atomic mass is 10.3. The normalized spacial score (nSPS) is 18.7. The first-order valence-corrected chi connectivity index (χ1v) is 5.64. The minimum Gasteiger partial charge on any atom is -0.380 e. The summed E-state index contributed by atoms with van der Waals surface area (Å²) in [7, 11) is 0. The molecule has 2 heterocycles. The third kappa shape index (κ3) is 3.45. The van der Waals surface area contributed by atoms with Gasteiger partial charge in [0.25, 0.3) is 0 Å². The average Bonchev–Trinajstić information content (AvgIpc) is 2.46. The van der Waals surface area contributed by atoms with E-state index in [1.54, 1.807) is 6.07 Å². The van der Waals surface area contributed by atoms with Crippen LogP contribution in [0.2, 0.25) is 5.15 Å². The molecule has 0 saturated carbocycles. The number of halogens is 1. The fourth-order valence-electron chi connectivity index (χ4n) is 1.72. The Hall–Kier alpha value is -0.640. The summed E-state index contributed by atoms with van der Waals surface area (Å²) in [4.78, 5) is 6.63. The van der Waals surface area contributed by atoms with Gasteiger partial charge in [-0.1, -0.05) is 17.7 Å². The van der Waals surface area contributed by atoms with Crippen LogP contribution in [-0.2, 0) is 11.3 Å². The third-order valence-electron chi connectivity index (χ3n) is 2.47. The minimum absolute atomic E-state index is 0.568. The molecule has 1 aromatic heterocycles. The van der Waals surface area contributed by atoms with Crippen molar-refractivity contribution >= 4 is 11.6 Å². The SMILES string of the molecule is Clc1cccc(CN2CCCOCC2)n1. The van der Waals surface area contributed by atoms with Crippen LogP contribution in [0.5, 0.6) is 0 Å². The van der Waals surface area contributed by atoms with Gasteiger partial charge in [0.15, 0.2) is 0 Å². The van der Waals surface area contributed by atoms with Crippen molar-refractivity contribution in [3.05, 3.63) is 29.0 Å². The summed E-state index contributed by atoms with van der Waals surface area (Å²) in [5.41, 5.74) is 1.03. The van der Waals surface area contributed by atoms with Crippen molar-refractivity contribution in [3.63, 3.8) is 0 Å². The molecule has 3 nitrogen and oxygen atoms in total. The van der Waals surface area contributed by atoms with Crippen LogP contribution in [0.3, 0.4) is 0 Å². The second-order valence-corrected chi connectivity index (χ2v) is 4.08. The molecule has 0 N–H and O–H groups in total. The Morgan fingerprint density at radius 2 is 2.27 bits per heavy atom. The quantitative estimate of drug-likeness (QED) is 0.721. The largest absolute Gasteiger partial charge is 0.380 e. The lowest BCUT2D eigenvalue weighted by molar-refractivity contribution is 0.140. The molecule has 1 aromatic rings. The molecule has 0 bridgehead atoms. The van der Waals surface area contributed by atoms with Crippen molar-refractivity contribution in [1.29, 1.82) is 0 Å². The van der Waals surface area contributed by atoms with E-state index in [9.17, 15) is 0 Å². The highest BCUT2D eigenvalue weighted by Gasteiger charge is 2.10. The summed E-state index contributed by atoms with van der Waals surface area (Å²) in [5, 5.41) is 0.568. The van der Waals surface area contributed by atoms with Gasteiger partial charge in [0, 0.05) is 26.2 Å². The van der Waals surface area contributed by atoms with Crippen LogP contribution < -0.4 is 0 Å². The zero-order valence-electron chi connectivity index (χ0n) is 8.66. The van der Waals surface area contributed by atoms with E-state index in [0.717, 1.165) is 45.0 Å². The van der Waals surface area contributed by atoms with Crippen molar-refractivity contribution < 1.29 is 4.74 Å². The Labute approximate surface area is 95.0 Å². The fourth-order valence-corrected chi connectivity index (χ4v) is 1.90. The Morgan fingerprint density at radius 3 is 3.13 bits per heavy atom. The molecule has 0 unspecified atom stereocenters. The van der Waals surface area contributed by atoms with E-state index < -0.39 is 0 Å². The number of hydrogen-bond acceptors (Lipinski definition) is 3. The molecule has 1 fully saturated rings. The van der Waals surface area contributed by atoms with Crippen LogP contribution >= 0.6 is 11.6 Å². The third-order valence-corrected chi connectivity index (χ3v) is 2.68. The molecule has 0 aliphatic carbocycles. The molecular formula is C11H15ClN2O. The van der Waals surface area contributed by atoms with Gasteiger partial charge in [0.05, 0.1) is 12.3 Å². The van der Waals surface area contributed by atoms with Crippen molar-refractivity contribution in [2.24, 2.45) is 0 Å². The molecule has 0 atom stereocenters. The van der Waals surface area contributed by atoms with Gasteiger partial charge >= 0.3 is 0 Å². The minimum atomic E-state index is 0.568. The topological polar surface area (TPSA) is 25.4 Å². The zero-order chi connectivity index (χ0) is 10.5. The monoisotopic (exact) mass is 226 g/mol. The summed E-state index contributed by atoms with van der Waals surface area (Å²) >= 11 is 5.84. The van der Waals surface area contributed by atoms with Gasteiger partial charge < -0.3 is 4.74 Å². The van der Waals surface area contributed by atoms with Crippen molar-refractivity contribution in [2.75, 3.05) is 26.3 Å². The van der Waals surface area contributed by atoms with Crippen molar-refractivity contribution in [3.8, 4) is 0 Å². The first kappa shape index (κ1) is 10.9. The fraction of sp³-hybridized carbons (Fsp3) is 0.545. The van der Waals surface area contributed by atoms with Crippen LogP contribution in [0.15, 0.2) is 18.2 Å². The number of pyridine rings is 1.